The van der Waals surface area contributed by atoms with E-state index in [0.29, 0.717) is 5.95 Å². The molecule has 3 rings (SSSR count). The van der Waals surface area contributed by atoms with Gasteiger partial charge in [-0.3, -0.25) is 0 Å². The lowest BCUT2D eigenvalue weighted by molar-refractivity contribution is 0.119. The Morgan fingerprint density at radius 1 is 1.42 bits per heavy atom. The molecule has 0 bridgehead atoms. The molecule has 4 nitrogen and oxygen atoms in total. The van der Waals surface area contributed by atoms with Crippen molar-refractivity contribution in [3.63, 3.8) is 0 Å². The summed E-state index contributed by atoms with van der Waals surface area (Å²) in [5.74, 6) is 1.41. The zero-order valence-corrected chi connectivity index (χ0v) is 12.4. The van der Waals surface area contributed by atoms with Gasteiger partial charge < -0.3 is 15.0 Å². The fourth-order valence-electron chi connectivity index (χ4n) is 2.21. The number of nitrogens with two attached hydrogens (primary N) is 1. The number of imidazole rings is 1. The van der Waals surface area contributed by atoms with E-state index in [1.165, 1.54) is 12.8 Å². The van der Waals surface area contributed by atoms with E-state index in [-0.39, 0.29) is 0 Å². The molecule has 0 radical (unpaired) electrons. The summed E-state index contributed by atoms with van der Waals surface area (Å²) in [6.07, 6.45) is 3.65. The van der Waals surface area contributed by atoms with Gasteiger partial charge in [-0.15, -0.1) is 0 Å². The number of rotatable bonds is 6. The van der Waals surface area contributed by atoms with Crippen molar-refractivity contribution in [1.82, 2.24) is 9.55 Å². The van der Waals surface area contributed by atoms with Gasteiger partial charge in [-0.25, -0.2) is 4.98 Å². The number of nitrogens with zero attached hydrogens (tertiary/aromatic N) is 2. The first-order valence-corrected chi connectivity index (χ1v) is 7.52. The van der Waals surface area contributed by atoms with Crippen LogP contribution < -0.4 is 5.73 Å². The number of hydrogen-bond acceptors (Lipinski definition) is 3. The van der Waals surface area contributed by atoms with Gasteiger partial charge in [-0.05, 0) is 43.4 Å². The standard InChI is InChI=1S/C14H18BrN3O/c15-11-4-5-12-13(8-11)18(14(16)17-12)6-1-7-19-9-10-2-3-10/h4-5,8,10H,1-3,6-7,9H2,(H2,16,17). The van der Waals surface area contributed by atoms with Crippen LogP contribution in [0.25, 0.3) is 11.0 Å². The highest BCUT2D eigenvalue weighted by Gasteiger charge is 2.20. The second kappa shape index (κ2) is 5.51. The summed E-state index contributed by atoms with van der Waals surface area (Å²) in [5.41, 5.74) is 7.99. The second-order valence-corrected chi connectivity index (χ2v) is 6.04. The van der Waals surface area contributed by atoms with Crippen molar-refractivity contribution in [2.45, 2.75) is 25.8 Å². The molecule has 0 unspecified atom stereocenters. The van der Waals surface area contributed by atoms with Crippen LogP contribution in [0, 0.1) is 5.92 Å². The maximum Gasteiger partial charge on any atom is 0.201 e. The molecule has 2 N–H and O–H groups in total. The summed E-state index contributed by atoms with van der Waals surface area (Å²) >= 11 is 3.49. The predicted molar refractivity (Wildman–Crippen MR) is 80.0 cm³/mol. The number of anilines is 1. The van der Waals surface area contributed by atoms with Crippen molar-refractivity contribution >= 4 is 32.9 Å². The monoisotopic (exact) mass is 323 g/mol. The lowest BCUT2D eigenvalue weighted by Gasteiger charge is -2.07. The summed E-state index contributed by atoms with van der Waals surface area (Å²) < 4.78 is 8.75. The largest absolute Gasteiger partial charge is 0.381 e. The van der Waals surface area contributed by atoms with Gasteiger partial charge >= 0.3 is 0 Å². The maximum atomic E-state index is 5.97. The first kappa shape index (κ1) is 12.9. The molecule has 1 aromatic carbocycles. The van der Waals surface area contributed by atoms with Gasteiger partial charge in [0.15, 0.2) is 0 Å². The van der Waals surface area contributed by atoms with Crippen LogP contribution in [0.1, 0.15) is 19.3 Å². The van der Waals surface area contributed by atoms with Crippen LogP contribution in [0.2, 0.25) is 0 Å². The number of aromatic nitrogens is 2. The van der Waals surface area contributed by atoms with Crippen molar-refractivity contribution in [2.24, 2.45) is 5.92 Å². The van der Waals surface area contributed by atoms with Crippen LogP contribution in [-0.4, -0.2) is 22.8 Å². The van der Waals surface area contributed by atoms with E-state index in [0.717, 1.165) is 47.6 Å². The number of nitrogen functional groups attached to an aromatic ring is 1. The Bertz CT molecular complexity index is 577. The van der Waals surface area contributed by atoms with Crippen molar-refractivity contribution < 1.29 is 4.74 Å². The van der Waals surface area contributed by atoms with E-state index < -0.39 is 0 Å². The van der Waals surface area contributed by atoms with Gasteiger partial charge in [0.2, 0.25) is 5.95 Å². The van der Waals surface area contributed by atoms with Gasteiger partial charge in [-0.2, -0.15) is 0 Å². The molecule has 1 aliphatic rings. The van der Waals surface area contributed by atoms with E-state index in [9.17, 15) is 0 Å². The number of benzene rings is 1. The predicted octanol–water partition coefficient (Wildman–Crippen LogP) is 3.20. The number of halogens is 1. The minimum Gasteiger partial charge on any atom is -0.381 e. The number of fused-ring (bicyclic) bond motifs is 1. The zero-order chi connectivity index (χ0) is 13.2. The molecule has 0 atom stereocenters. The van der Waals surface area contributed by atoms with Crippen LogP contribution in [0.3, 0.4) is 0 Å². The molecule has 0 amide bonds. The summed E-state index contributed by atoms with van der Waals surface area (Å²) in [5, 5.41) is 0. The minimum atomic E-state index is 0.579. The first-order chi connectivity index (χ1) is 9.24. The van der Waals surface area contributed by atoms with Crippen LogP contribution in [0.15, 0.2) is 22.7 Å². The van der Waals surface area contributed by atoms with Gasteiger partial charge in [0.1, 0.15) is 0 Å². The van der Waals surface area contributed by atoms with Gasteiger partial charge in [0, 0.05) is 24.2 Å². The lowest BCUT2D eigenvalue weighted by atomic mass is 10.3. The summed E-state index contributed by atoms with van der Waals surface area (Å²) in [7, 11) is 0. The normalized spacial score (nSPS) is 15.2. The van der Waals surface area contributed by atoms with Crippen LogP contribution >= 0.6 is 15.9 Å². The Kier molecular flexibility index (Phi) is 3.75. The highest BCUT2D eigenvalue weighted by molar-refractivity contribution is 9.10. The molecular weight excluding hydrogens is 306 g/mol. The summed E-state index contributed by atoms with van der Waals surface area (Å²) in [4.78, 5) is 4.37. The minimum absolute atomic E-state index is 0.579. The quantitative estimate of drug-likeness (QED) is 0.830. The third-order valence-corrected chi connectivity index (χ3v) is 3.95. The molecule has 1 saturated carbocycles. The van der Waals surface area contributed by atoms with Crippen LogP contribution in [0.4, 0.5) is 5.95 Å². The van der Waals surface area contributed by atoms with Crippen LogP contribution in [-0.2, 0) is 11.3 Å². The highest BCUT2D eigenvalue weighted by Crippen LogP contribution is 2.28. The summed E-state index contributed by atoms with van der Waals surface area (Å²) in [6.45, 7) is 2.57. The van der Waals surface area contributed by atoms with E-state index >= 15 is 0 Å². The van der Waals surface area contributed by atoms with E-state index in [1.807, 2.05) is 12.1 Å². The third-order valence-electron chi connectivity index (χ3n) is 3.46. The molecule has 102 valence electrons. The average Bonchev–Trinajstić information content (AvgIpc) is 3.15. The van der Waals surface area contributed by atoms with Crippen molar-refractivity contribution in [2.75, 3.05) is 18.9 Å². The molecule has 0 saturated heterocycles. The van der Waals surface area contributed by atoms with Gasteiger partial charge in [-0.1, -0.05) is 15.9 Å². The van der Waals surface area contributed by atoms with Crippen molar-refractivity contribution in [1.29, 1.82) is 0 Å². The van der Waals surface area contributed by atoms with E-state index in [4.69, 9.17) is 10.5 Å². The molecule has 2 aromatic rings. The smallest absolute Gasteiger partial charge is 0.201 e. The fourth-order valence-corrected chi connectivity index (χ4v) is 2.56. The maximum absolute atomic E-state index is 5.97. The third kappa shape index (κ3) is 3.09. The first-order valence-electron chi connectivity index (χ1n) is 6.73. The highest BCUT2D eigenvalue weighted by atomic mass is 79.9. The Hall–Kier alpha value is -1.07. The Morgan fingerprint density at radius 2 is 2.26 bits per heavy atom. The molecule has 1 fully saturated rings. The topological polar surface area (TPSA) is 53.1 Å². The lowest BCUT2D eigenvalue weighted by Crippen LogP contribution is -2.07. The van der Waals surface area contributed by atoms with Gasteiger partial charge in [0.25, 0.3) is 0 Å². The van der Waals surface area contributed by atoms with E-state index in [2.05, 4.69) is 31.5 Å². The SMILES string of the molecule is Nc1nc2ccc(Br)cc2n1CCCOCC1CC1. The molecule has 19 heavy (non-hydrogen) atoms. The molecule has 0 spiro atoms. The van der Waals surface area contributed by atoms with Crippen molar-refractivity contribution in [3.05, 3.63) is 22.7 Å². The molecule has 5 heteroatoms. The Labute approximate surface area is 121 Å². The summed E-state index contributed by atoms with van der Waals surface area (Å²) in [6, 6.07) is 6.03. The number of ether oxygens (including phenoxy) is 1. The molecule has 1 aliphatic carbocycles. The average molecular weight is 324 g/mol. The molecule has 1 heterocycles. The number of hydrogen-bond donors (Lipinski definition) is 1. The fraction of sp³-hybridized carbons (Fsp3) is 0.500. The second-order valence-electron chi connectivity index (χ2n) is 5.13. The van der Waals surface area contributed by atoms with E-state index in [1.54, 1.807) is 0 Å². The van der Waals surface area contributed by atoms with Crippen LogP contribution in [0.5, 0.6) is 0 Å². The number of aryl methyl sites for hydroxylation is 1. The van der Waals surface area contributed by atoms with Gasteiger partial charge in [0.05, 0.1) is 11.0 Å². The molecular formula is C14H18BrN3O. The zero-order valence-electron chi connectivity index (χ0n) is 10.8. The Balaban J connectivity index is 1.62. The Morgan fingerprint density at radius 3 is 3.05 bits per heavy atom. The molecule has 0 aliphatic heterocycles. The molecule has 1 aromatic heterocycles. The van der Waals surface area contributed by atoms with Crippen molar-refractivity contribution in [3.8, 4) is 0 Å².